The summed E-state index contributed by atoms with van der Waals surface area (Å²) in [5.41, 5.74) is 7.95. The van der Waals surface area contributed by atoms with Crippen molar-refractivity contribution in [3.63, 3.8) is 0 Å². The molecule has 1 aromatic rings. The third-order valence-corrected chi connectivity index (χ3v) is 8.75. The predicted octanol–water partition coefficient (Wildman–Crippen LogP) is 7.74. The molecule has 2 aliphatic rings. The van der Waals surface area contributed by atoms with E-state index in [1.807, 2.05) is 11.8 Å². The van der Waals surface area contributed by atoms with Crippen molar-refractivity contribution in [3.8, 4) is 0 Å². The summed E-state index contributed by atoms with van der Waals surface area (Å²) in [7, 11) is 0. The van der Waals surface area contributed by atoms with Gasteiger partial charge in [-0.05, 0) is 124 Å². The van der Waals surface area contributed by atoms with Gasteiger partial charge in [0.2, 0.25) is 0 Å². The van der Waals surface area contributed by atoms with Gasteiger partial charge in [-0.2, -0.15) is 0 Å². The van der Waals surface area contributed by atoms with E-state index in [2.05, 4.69) is 40.9 Å². The molecular formula is C24H38S. The number of hydrogen-bond acceptors (Lipinski definition) is 1. The molecule has 0 aromatic heterocycles. The zero-order valence-corrected chi connectivity index (χ0v) is 18.2. The Morgan fingerprint density at radius 1 is 0.640 bits per heavy atom. The fourth-order valence-electron chi connectivity index (χ4n) is 5.86. The highest BCUT2D eigenvalue weighted by atomic mass is 32.2. The van der Waals surface area contributed by atoms with E-state index >= 15 is 0 Å². The van der Waals surface area contributed by atoms with Gasteiger partial charge in [0.25, 0.3) is 0 Å². The normalized spacial score (nSPS) is 30.5. The molecule has 140 valence electrons. The molecule has 0 radical (unpaired) electrons. The largest absolute Gasteiger partial charge is 0.129 e. The SMILES string of the molecule is CSc1c(C)c(C)c(C2CCC(C3CCC(C)CC3)CC2)c(C)c1C. The van der Waals surface area contributed by atoms with Gasteiger partial charge in [0.15, 0.2) is 0 Å². The van der Waals surface area contributed by atoms with Gasteiger partial charge < -0.3 is 0 Å². The minimum absolute atomic E-state index is 0.812. The second-order valence-corrected chi connectivity index (χ2v) is 9.90. The lowest BCUT2D eigenvalue weighted by atomic mass is 9.67. The van der Waals surface area contributed by atoms with Crippen molar-refractivity contribution in [1.82, 2.24) is 0 Å². The van der Waals surface area contributed by atoms with Crippen LogP contribution in [0.3, 0.4) is 0 Å². The second kappa shape index (κ2) is 8.07. The van der Waals surface area contributed by atoms with E-state index in [9.17, 15) is 0 Å². The molecule has 2 saturated carbocycles. The average molecular weight is 359 g/mol. The van der Waals surface area contributed by atoms with Crippen LogP contribution in [0.5, 0.6) is 0 Å². The van der Waals surface area contributed by atoms with Gasteiger partial charge in [-0.3, -0.25) is 0 Å². The Morgan fingerprint density at radius 3 is 1.52 bits per heavy atom. The Labute approximate surface area is 160 Å². The van der Waals surface area contributed by atoms with Crippen molar-refractivity contribution in [2.45, 2.75) is 96.8 Å². The van der Waals surface area contributed by atoms with Crippen LogP contribution in [0.15, 0.2) is 4.90 Å². The van der Waals surface area contributed by atoms with Crippen LogP contribution in [0.25, 0.3) is 0 Å². The molecule has 1 aromatic carbocycles. The zero-order chi connectivity index (χ0) is 18.1. The maximum absolute atomic E-state index is 2.45. The van der Waals surface area contributed by atoms with Crippen molar-refractivity contribution in [2.75, 3.05) is 6.26 Å². The third-order valence-electron chi connectivity index (χ3n) is 7.73. The summed E-state index contributed by atoms with van der Waals surface area (Å²) in [5, 5.41) is 0. The highest BCUT2D eigenvalue weighted by Crippen LogP contribution is 2.46. The molecule has 0 N–H and O–H groups in total. The van der Waals surface area contributed by atoms with E-state index in [-0.39, 0.29) is 0 Å². The van der Waals surface area contributed by atoms with E-state index in [0.29, 0.717) is 0 Å². The average Bonchev–Trinajstić information content (AvgIpc) is 2.62. The molecule has 25 heavy (non-hydrogen) atoms. The molecule has 0 nitrogen and oxygen atoms in total. The second-order valence-electron chi connectivity index (χ2n) is 9.08. The maximum atomic E-state index is 2.45. The molecule has 0 amide bonds. The van der Waals surface area contributed by atoms with E-state index in [4.69, 9.17) is 0 Å². The Morgan fingerprint density at radius 2 is 1.08 bits per heavy atom. The molecule has 0 heterocycles. The van der Waals surface area contributed by atoms with Crippen molar-refractivity contribution >= 4 is 11.8 Å². The van der Waals surface area contributed by atoms with Crippen molar-refractivity contribution in [3.05, 3.63) is 27.8 Å². The van der Waals surface area contributed by atoms with Gasteiger partial charge in [0.1, 0.15) is 0 Å². The zero-order valence-electron chi connectivity index (χ0n) is 17.4. The van der Waals surface area contributed by atoms with Crippen molar-refractivity contribution in [1.29, 1.82) is 0 Å². The summed E-state index contributed by atoms with van der Waals surface area (Å²) in [4.78, 5) is 1.52. The van der Waals surface area contributed by atoms with Gasteiger partial charge in [0, 0.05) is 4.90 Å². The highest BCUT2D eigenvalue weighted by Gasteiger charge is 2.32. The van der Waals surface area contributed by atoms with E-state index in [1.54, 1.807) is 16.7 Å². The number of thioether (sulfide) groups is 1. The van der Waals surface area contributed by atoms with Crippen LogP contribution in [-0.2, 0) is 0 Å². The first kappa shape index (κ1) is 19.3. The quantitative estimate of drug-likeness (QED) is 0.498. The summed E-state index contributed by atoms with van der Waals surface area (Å²) in [5.74, 6) is 3.87. The summed E-state index contributed by atoms with van der Waals surface area (Å²) >= 11 is 1.93. The molecule has 0 atom stereocenters. The number of hydrogen-bond donors (Lipinski definition) is 0. The molecule has 0 saturated heterocycles. The topological polar surface area (TPSA) is 0 Å². The van der Waals surface area contributed by atoms with Crippen LogP contribution in [0, 0.1) is 45.4 Å². The van der Waals surface area contributed by atoms with Gasteiger partial charge in [-0.25, -0.2) is 0 Å². The molecule has 2 fully saturated rings. The highest BCUT2D eigenvalue weighted by molar-refractivity contribution is 7.98. The van der Waals surface area contributed by atoms with Gasteiger partial charge in [0.05, 0.1) is 0 Å². The lowest BCUT2D eigenvalue weighted by Gasteiger charge is -2.38. The van der Waals surface area contributed by atoms with E-state index < -0.39 is 0 Å². The Balaban J connectivity index is 1.73. The summed E-state index contributed by atoms with van der Waals surface area (Å²) in [6.45, 7) is 11.9. The standard InChI is InChI=1S/C24H38S/c1-15-7-9-20(10-8-15)21-11-13-22(14-12-21)23-16(2)18(4)24(25-6)19(5)17(23)3/h15,20-22H,7-14H2,1-6H3. The molecule has 0 bridgehead atoms. The fraction of sp³-hybridized carbons (Fsp3) is 0.750. The fourth-order valence-corrected chi connectivity index (χ4v) is 6.78. The Kier molecular flexibility index (Phi) is 6.24. The van der Waals surface area contributed by atoms with Crippen LogP contribution in [-0.4, -0.2) is 6.26 Å². The van der Waals surface area contributed by atoms with Gasteiger partial charge in [-0.15, -0.1) is 11.8 Å². The van der Waals surface area contributed by atoms with Crippen LogP contribution < -0.4 is 0 Å². The molecule has 0 spiro atoms. The monoisotopic (exact) mass is 358 g/mol. The lowest BCUT2D eigenvalue weighted by molar-refractivity contribution is 0.165. The predicted molar refractivity (Wildman–Crippen MR) is 113 cm³/mol. The first-order valence-electron chi connectivity index (χ1n) is 10.6. The first-order valence-corrected chi connectivity index (χ1v) is 11.8. The summed E-state index contributed by atoms with van der Waals surface area (Å²) < 4.78 is 0. The van der Waals surface area contributed by atoms with Crippen LogP contribution in [0.2, 0.25) is 0 Å². The molecule has 0 aliphatic heterocycles. The van der Waals surface area contributed by atoms with E-state index in [0.717, 1.165) is 23.7 Å². The molecule has 2 aliphatic carbocycles. The van der Waals surface area contributed by atoms with Crippen molar-refractivity contribution in [2.24, 2.45) is 17.8 Å². The summed E-state index contributed by atoms with van der Waals surface area (Å²) in [6, 6.07) is 0. The van der Waals surface area contributed by atoms with Gasteiger partial charge >= 0.3 is 0 Å². The first-order chi connectivity index (χ1) is 11.9. The third kappa shape index (κ3) is 3.82. The molecule has 1 heteroatoms. The smallest absolute Gasteiger partial charge is 0.0133 e. The van der Waals surface area contributed by atoms with Crippen molar-refractivity contribution < 1.29 is 0 Å². The van der Waals surface area contributed by atoms with Gasteiger partial charge in [-0.1, -0.05) is 19.8 Å². The molecule has 3 rings (SSSR count). The minimum atomic E-state index is 0.812. The lowest BCUT2D eigenvalue weighted by Crippen LogP contribution is -2.25. The Hall–Kier alpha value is -0.430. The van der Waals surface area contributed by atoms with Crippen LogP contribution in [0.4, 0.5) is 0 Å². The maximum Gasteiger partial charge on any atom is 0.0133 e. The Bertz CT molecular complexity index is 570. The number of benzene rings is 1. The molecule has 0 unspecified atom stereocenters. The van der Waals surface area contributed by atoms with Crippen LogP contribution >= 0.6 is 11.8 Å². The number of rotatable bonds is 3. The summed E-state index contributed by atoms with van der Waals surface area (Å²) in [6.07, 6.45) is 14.0. The minimum Gasteiger partial charge on any atom is -0.129 e. The van der Waals surface area contributed by atoms with E-state index in [1.165, 1.54) is 67.4 Å². The molecular weight excluding hydrogens is 320 g/mol. The van der Waals surface area contributed by atoms with Crippen LogP contribution in [0.1, 0.15) is 92.0 Å².